The predicted octanol–water partition coefficient (Wildman–Crippen LogP) is 1.67. The van der Waals surface area contributed by atoms with E-state index >= 15 is 0 Å². The maximum atomic E-state index is 6.18. The molecule has 2 N–H and O–H groups in total. The van der Waals surface area contributed by atoms with E-state index in [-0.39, 0.29) is 5.54 Å². The zero-order chi connectivity index (χ0) is 12.3. The molecule has 2 rings (SSSR count). The first-order valence-corrected chi connectivity index (χ1v) is 7.33. The molecule has 2 aliphatic heterocycles. The van der Waals surface area contributed by atoms with E-state index in [0.29, 0.717) is 6.04 Å². The highest BCUT2D eigenvalue weighted by molar-refractivity contribution is 4.99. The van der Waals surface area contributed by atoms with Crippen LogP contribution in [-0.2, 0) is 0 Å². The molecule has 0 spiro atoms. The van der Waals surface area contributed by atoms with Gasteiger partial charge in [-0.1, -0.05) is 12.8 Å². The lowest BCUT2D eigenvalue weighted by Gasteiger charge is -2.50. The molecule has 3 nitrogen and oxygen atoms in total. The van der Waals surface area contributed by atoms with E-state index in [1.807, 2.05) is 0 Å². The van der Waals surface area contributed by atoms with E-state index in [9.17, 15) is 0 Å². The maximum Gasteiger partial charge on any atom is 0.0461 e. The molecule has 0 amide bonds. The molecule has 100 valence electrons. The molecule has 2 heterocycles. The molecule has 17 heavy (non-hydrogen) atoms. The predicted molar refractivity (Wildman–Crippen MR) is 73.2 cm³/mol. The number of likely N-dealkylation sites (tertiary alicyclic amines) is 2. The van der Waals surface area contributed by atoms with Gasteiger partial charge in [0.25, 0.3) is 0 Å². The number of nitrogens with two attached hydrogens (primary N) is 1. The fourth-order valence-electron chi connectivity index (χ4n) is 3.84. The molecule has 0 aromatic carbocycles. The van der Waals surface area contributed by atoms with Gasteiger partial charge in [0.2, 0.25) is 0 Å². The van der Waals surface area contributed by atoms with Crippen molar-refractivity contribution in [2.24, 2.45) is 5.73 Å². The lowest BCUT2D eigenvalue weighted by atomic mass is 9.86. The summed E-state index contributed by atoms with van der Waals surface area (Å²) in [4.78, 5) is 5.21. The summed E-state index contributed by atoms with van der Waals surface area (Å²) in [5.41, 5.74) is 6.44. The molecule has 0 aromatic rings. The van der Waals surface area contributed by atoms with Gasteiger partial charge in [-0.15, -0.1) is 0 Å². The summed E-state index contributed by atoms with van der Waals surface area (Å²) < 4.78 is 0. The Morgan fingerprint density at radius 1 is 1.18 bits per heavy atom. The van der Waals surface area contributed by atoms with Crippen molar-refractivity contribution < 1.29 is 0 Å². The molecule has 2 atom stereocenters. The average molecular weight is 239 g/mol. The molecule has 2 aliphatic rings. The van der Waals surface area contributed by atoms with Gasteiger partial charge in [0.05, 0.1) is 0 Å². The Labute approximate surface area is 106 Å². The van der Waals surface area contributed by atoms with Crippen LogP contribution in [0.25, 0.3) is 0 Å². The van der Waals surface area contributed by atoms with E-state index in [1.165, 1.54) is 51.6 Å². The Hall–Kier alpha value is -0.120. The lowest BCUT2D eigenvalue weighted by molar-refractivity contribution is 0.00172. The minimum atomic E-state index is 0.261. The molecule has 0 saturated carbocycles. The van der Waals surface area contributed by atoms with Gasteiger partial charge in [0.1, 0.15) is 0 Å². The third-order valence-electron chi connectivity index (χ3n) is 4.79. The molecule has 3 heteroatoms. The van der Waals surface area contributed by atoms with Crippen molar-refractivity contribution in [1.82, 2.24) is 9.80 Å². The second-order valence-electron chi connectivity index (χ2n) is 6.16. The number of hydrogen-bond donors (Lipinski definition) is 1. The van der Waals surface area contributed by atoms with Gasteiger partial charge >= 0.3 is 0 Å². The van der Waals surface area contributed by atoms with Crippen LogP contribution in [0.4, 0.5) is 0 Å². The normalized spacial score (nSPS) is 37.9. The molecular formula is C14H29N3. The molecule has 0 aromatic heterocycles. The first-order valence-electron chi connectivity index (χ1n) is 7.33. The summed E-state index contributed by atoms with van der Waals surface area (Å²) in [5, 5.41) is 0. The van der Waals surface area contributed by atoms with Crippen molar-refractivity contribution in [3.05, 3.63) is 0 Å². The van der Waals surface area contributed by atoms with Crippen molar-refractivity contribution in [3.63, 3.8) is 0 Å². The lowest BCUT2D eigenvalue weighted by Crippen LogP contribution is -2.64. The SMILES string of the molecule is CC1CCCCCN1C1(CN)CCCN(C)C1. The van der Waals surface area contributed by atoms with Gasteiger partial charge in [-0.2, -0.15) is 0 Å². The van der Waals surface area contributed by atoms with Crippen molar-refractivity contribution in [2.75, 3.05) is 33.2 Å². The highest BCUT2D eigenvalue weighted by Crippen LogP contribution is 2.31. The van der Waals surface area contributed by atoms with Crippen molar-refractivity contribution in [2.45, 2.75) is 57.0 Å². The smallest absolute Gasteiger partial charge is 0.0461 e. The Balaban J connectivity index is 2.14. The summed E-state index contributed by atoms with van der Waals surface area (Å²) >= 11 is 0. The van der Waals surface area contributed by atoms with Crippen molar-refractivity contribution in [1.29, 1.82) is 0 Å². The third kappa shape index (κ3) is 2.83. The van der Waals surface area contributed by atoms with E-state index in [0.717, 1.165) is 13.1 Å². The van der Waals surface area contributed by atoms with Crippen LogP contribution in [0.3, 0.4) is 0 Å². The van der Waals surface area contributed by atoms with Gasteiger partial charge in [0, 0.05) is 24.7 Å². The van der Waals surface area contributed by atoms with E-state index in [1.54, 1.807) is 0 Å². The largest absolute Gasteiger partial charge is 0.329 e. The minimum Gasteiger partial charge on any atom is -0.329 e. The van der Waals surface area contributed by atoms with Gasteiger partial charge in [-0.25, -0.2) is 0 Å². The Morgan fingerprint density at radius 3 is 2.71 bits per heavy atom. The second kappa shape index (κ2) is 5.68. The molecular weight excluding hydrogens is 210 g/mol. The Bertz CT molecular complexity index is 244. The van der Waals surface area contributed by atoms with Crippen LogP contribution in [0.5, 0.6) is 0 Å². The fraction of sp³-hybridized carbons (Fsp3) is 1.00. The highest BCUT2D eigenvalue weighted by atomic mass is 15.3. The van der Waals surface area contributed by atoms with Gasteiger partial charge in [0.15, 0.2) is 0 Å². The number of rotatable bonds is 2. The molecule has 2 saturated heterocycles. The maximum absolute atomic E-state index is 6.18. The van der Waals surface area contributed by atoms with E-state index in [2.05, 4.69) is 23.8 Å². The molecule has 0 bridgehead atoms. The summed E-state index contributed by atoms with van der Waals surface area (Å²) in [7, 11) is 2.24. The molecule has 0 radical (unpaired) electrons. The van der Waals surface area contributed by atoms with E-state index < -0.39 is 0 Å². The number of nitrogens with zero attached hydrogens (tertiary/aromatic N) is 2. The topological polar surface area (TPSA) is 32.5 Å². The monoisotopic (exact) mass is 239 g/mol. The standard InChI is InChI=1S/C14H29N3/c1-13-7-4-3-5-10-17(13)14(11-15)8-6-9-16(2)12-14/h13H,3-12,15H2,1-2H3. The van der Waals surface area contributed by atoms with Gasteiger partial charge in [-0.3, -0.25) is 4.90 Å². The van der Waals surface area contributed by atoms with Gasteiger partial charge in [-0.05, 0) is 52.7 Å². The third-order valence-corrected chi connectivity index (χ3v) is 4.79. The average Bonchev–Trinajstić information content (AvgIpc) is 2.54. The number of likely N-dealkylation sites (N-methyl/N-ethyl adjacent to an activating group) is 1. The summed E-state index contributed by atoms with van der Waals surface area (Å²) in [6.45, 7) is 6.88. The number of hydrogen-bond acceptors (Lipinski definition) is 3. The Kier molecular flexibility index (Phi) is 4.45. The van der Waals surface area contributed by atoms with Crippen molar-refractivity contribution >= 4 is 0 Å². The quantitative estimate of drug-likeness (QED) is 0.796. The first-order chi connectivity index (χ1) is 8.18. The zero-order valence-corrected chi connectivity index (χ0v) is 11.6. The van der Waals surface area contributed by atoms with Crippen molar-refractivity contribution in [3.8, 4) is 0 Å². The van der Waals surface area contributed by atoms with Crippen LogP contribution in [-0.4, -0.2) is 54.6 Å². The summed E-state index contributed by atoms with van der Waals surface area (Å²) in [5.74, 6) is 0. The van der Waals surface area contributed by atoms with Crippen LogP contribution in [0, 0.1) is 0 Å². The van der Waals surface area contributed by atoms with Crippen LogP contribution in [0.1, 0.15) is 45.4 Å². The molecule has 2 fully saturated rings. The van der Waals surface area contributed by atoms with Gasteiger partial charge < -0.3 is 10.6 Å². The van der Waals surface area contributed by atoms with E-state index in [4.69, 9.17) is 5.73 Å². The fourth-order valence-corrected chi connectivity index (χ4v) is 3.84. The molecule has 2 unspecified atom stereocenters. The second-order valence-corrected chi connectivity index (χ2v) is 6.16. The van der Waals surface area contributed by atoms with Crippen LogP contribution in [0.15, 0.2) is 0 Å². The zero-order valence-electron chi connectivity index (χ0n) is 11.6. The van der Waals surface area contributed by atoms with Crippen LogP contribution in [0.2, 0.25) is 0 Å². The number of piperidine rings is 1. The minimum absolute atomic E-state index is 0.261. The first kappa shape index (κ1) is 13.3. The highest BCUT2D eigenvalue weighted by Gasteiger charge is 2.40. The summed E-state index contributed by atoms with van der Waals surface area (Å²) in [6.07, 6.45) is 8.10. The van der Waals surface area contributed by atoms with Crippen LogP contribution < -0.4 is 5.73 Å². The Morgan fingerprint density at radius 2 is 2.00 bits per heavy atom. The van der Waals surface area contributed by atoms with Crippen LogP contribution >= 0.6 is 0 Å². The summed E-state index contributed by atoms with van der Waals surface area (Å²) in [6, 6.07) is 0.715. The molecule has 0 aliphatic carbocycles.